The number of carbonyl (C=O) groups is 1. The number of amides is 1. The molecular weight excluding hydrogens is 199 g/mol. The molecule has 1 heterocycles. The van der Waals surface area contributed by atoms with E-state index in [-0.39, 0.29) is 12.3 Å². The van der Waals surface area contributed by atoms with Gasteiger partial charge in [0.05, 0.1) is 12.1 Å². The van der Waals surface area contributed by atoms with Crippen molar-refractivity contribution in [3.63, 3.8) is 0 Å². The molecule has 0 aliphatic heterocycles. The summed E-state index contributed by atoms with van der Waals surface area (Å²) in [7, 11) is 0. The second kappa shape index (κ2) is 4.35. The molecule has 1 rings (SSSR count). The Kier molecular flexibility index (Phi) is 3.36. The van der Waals surface area contributed by atoms with E-state index in [0.717, 1.165) is 6.07 Å². The number of hydrogen-bond donors (Lipinski definition) is 2. The zero-order valence-electron chi connectivity index (χ0n) is 8.62. The molecule has 1 aromatic heterocycles. The molecule has 2 N–H and O–H groups in total. The van der Waals surface area contributed by atoms with Crippen LogP contribution in [0.1, 0.15) is 24.3 Å². The zero-order valence-corrected chi connectivity index (χ0v) is 8.62. The van der Waals surface area contributed by atoms with Crippen molar-refractivity contribution in [2.24, 2.45) is 0 Å². The van der Waals surface area contributed by atoms with Gasteiger partial charge in [-0.05, 0) is 26.0 Å². The Balaban J connectivity index is 2.83. The van der Waals surface area contributed by atoms with Crippen molar-refractivity contribution >= 4 is 5.91 Å². The van der Waals surface area contributed by atoms with Crippen molar-refractivity contribution in [1.82, 2.24) is 10.3 Å². The monoisotopic (exact) mass is 212 g/mol. The molecule has 82 valence electrons. The van der Waals surface area contributed by atoms with Crippen LogP contribution in [0.25, 0.3) is 0 Å². The molecule has 0 aromatic carbocycles. The summed E-state index contributed by atoms with van der Waals surface area (Å²) < 4.78 is 13.1. The van der Waals surface area contributed by atoms with E-state index in [0.29, 0.717) is 0 Å². The van der Waals surface area contributed by atoms with Crippen molar-refractivity contribution in [1.29, 1.82) is 0 Å². The average molecular weight is 212 g/mol. The SMILES string of the molecule is CC(C)(CO)NC(=O)c1ncccc1F. The van der Waals surface area contributed by atoms with Crippen LogP contribution in [0.3, 0.4) is 0 Å². The van der Waals surface area contributed by atoms with E-state index in [1.54, 1.807) is 13.8 Å². The predicted octanol–water partition coefficient (Wildman–Crippen LogP) is 0.721. The highest BCUT2D eigenvalue weighted by molar-refractivity contribution is 5.92. The van der Waals surface area contributed by atoms with Gasteiger partial charge in [-0.2, -0.15) is 0 Å². The maximum Gasteiger partial charge on any atom is 0.273 e. The number of rotatable bonds is 3. The molecule has 0 aliphatic rings. The molecular formula is C10H13FN2O2. The topological polar surface area (TPSA) is 62.2 Å². The average Bonchev–Trinajstić information content (AvgIpc) is 2.17. The first-order valence-electron chi connectivity index (χ1n) is 4.50. The maximum atomic E-state index is 13.1. The highest BCUT2D eigenvalue weighted by atomic mass is 19.1. The molecule has 1 amide bonds. The standard InChI is InChI=1S/C10H13FN2O2/c1-10(2,6-14)13-9(15)8-7(11)4-3-5-12-8/h3-5,14H,6H2,1-2H3,(H,13,15). The molecule has 5 heteroatoms. The van der Waals surface area contributed by atoms with E-state index in [4.69, 9.17) is 5.11 Å². The Morgan fingerprint density at radius 3 is 2.87 bits per heavy atom. The number of aliphatic hydroxyl groups is 1. The lowest BCUT2D eigenvalue weighted by atomic mass is 10.1. The predicted molar refractivity (Wildman–Crippen MR) is 52.8 cm³/mol. The number of pyridine rings is 1. The summed E-state index contributed by atoms with van der Waals surface area (Å²) in [5.74, 6) is -1.31. The normalized spacial score (nSPS) is 11.2. The largest absolute Gasteiger partial charge is 0.394 e. The molecule has 1 aromatic rings. The van der Waals surface area contributed by atoms with E-state index in [1.807, 2.05) is 0 Å². The Bertz CT molecular complexity index is 366. The number of aromatic nitrogens is 1. The van der Waals surface area contributed by atoms with Gasteiger partial charge >= 0.3 is 0 Å². The van der Waals surface area contributed by atoms with E-state index in [1.165, 1.54) is 12.3 Å². The first kappa shape index (κ1) is 11.6. The van der Waals surface area contributed by atoms with Crippen LogP contribution in [0, 0.1) is 5.82 Å². The number of halogens is 1. The van der Waals surface area contributed by atoms with Crippen LogP contribution in [0.4, 0.5) is 4.39 Å². The quantitative estimate of drug-likeness (QED) is 0.776. The highest BCUT2D eigenvalue weighted by Crippen LogP contribution is 2.06. The second-order valence-electron chi connectivity index (χ2n) is 3.83. The fourth-order valence-corrected chi connectivity index (χ4v) is 0.959. The Hall–Kier alpha value is -1.49. The summed E-state index contributed by atoms with van der Waals surface area (Å²) in [6.45, 7) is 3.03. The lowest BCUT2D eigenvalue weighted by Gasteiger charge is -2.23. The molecule has 4 nitrogen and oxygen atoms in total. The smallest absolute Gasteiger partial charge is 0.273 e. The van der Waals surface area contributed by atoms with Gasteiger partial charge in [-0.1, -0.05) is 0 Å². The van der Waals surface area contributed by atoms with E-state index >= 15 is 0 Å². The fraction of sp³-hybridized carbons (Fsp3) is 0.400. The van der Waals surface area contributed by atoms with Crippen molar-refractivity contribution in [2.75, 3.05) is 6.61 Å². The lowest BCUT2D eigenvalue weighted by molar-refractivity contribution is 0.0859. The molecule has 0 atom stereocenters. The Labute approximate surface area is 87.1 Å². The minimum atomic E-state index is -0.791. The molecule has 15 heavy (non-hydrogen) atoms. The van der Waals surface area contributed by atoms with E-state index < -0.39 is 17.3 Å². The highest BCUT2D eigenvalue weighted by Gasteiger charge is 2.22. The van der Waals surface area contributed by atoms with Crippen LogP contribution in [-0.2, 0) is 0 Å². The molecule has 0 spiro atoms. The van der Waals surface area contributed by atoms with Gasteiger partial charge in [0.2, 0.25) is 0 Å². The number of nitrogens with zero attached hydrogens (tertiary/aromatic N) is 1. The van der Waals surface area contributed by atoms with Gasteiger partial charge < -0.3 is 10.4 Å². The second-order valence-corrected chi connectivity index (χ2v) is 3.83. The molecule has 0 saturated carbocycles. The van der Waals surface area contributed by atoms with E-state index in [9.17, 15) is 9.18 Å². The zero-order chi connectivity index (χ0) is 11.5. The van der Waals surface area contributed by atoms with Gasteiger partial charge in [0.25, 0.3) is 5.91 Å². The number of aliphatic hydroxyl groups excluding tert-OH is 1. The maximum absolute atomic E-state index is 13.1. The molecule has 0 aliphatic carbocycles. The van der Waals surface area contributed by atoms with Crippen molar-refractivity contribution in [3.8, 4) is 0 Å². The number of hydrogen-bond acceptors (Lipinski definition) is 3. The summed E-state index contributed by atoms with van der Waals surface area (Å²) in [5, 5.41) is 11.4. The summed E-state index contributed by atoms with van der Waals surface area (Å²) in [6, 6.07) is 2.57. The first-order valence-corrected chi connectivity index (χ1v) is 4.50. The van der Waals surface area contributed by atoms with Crippen LogP contribution in [-0.4, -0.2) is 28.1 Å². The van der Waals surface area contributed by atoms with Crippen LogP contribution < -0.4 is 5.32 Å². The van der Waals surface area contributed by atoms with Crippen molar-refractivity contribution < 1.29 is 14.3 Å². The summed E-state index contributed by atoms with van der Waals surface area (Å²) in [6.07, 6.45) is 1.34. The summed E-state index contributed by atoms with van der Waals surface area (Å²) in [5.41, 5.74) is -1.06. The molecule has 0 unspecified atom stereocenters. The third kappa shape index (κ3) is 2.99. The Morgan fingerprint density at radius 2 is 2.33 bits per heavy atom. The van der Waals surface area contributed by atoms with Gasteiger partial charge in [0, 0.05) is 6.20 Å². The molecule has 0 fully saturated rings. The van der Waals surface area contributed by atoms with Gasteiger partial charge in [0.1, 0.15) is 0 Å². The number of nitrogens with one attached hydrogen (secondary N) is 1. The van der Waals surface area contributed by atoms with Crippen LogP contribution in [0.15, 0.2) is 18.3 Å². The fourth-order valence-electron chi connectivity index (χ4n) is 0.959. The Morgan fingerprint density at radius 1 is 1.67 bits per heavy atom. The first-order chi connectivity index (χ1) is 6.96. The summed E-state index contributed by atoms with van der Waals surface area (Å²) in [4.78, 5) is 15.1. The van der Waals surface area contributed by atoms with Gasteiger partial charge in [0.15, 0.2) is 11.5 Å². The minimum Gasteiger partial charge on any atom is -0.394 e. The molecule has 0 radical (unpaired) electrons. The molecule has 0 saturated heterocycles. The third-order valence-corrected chi connectivity index (χ3v) is 1.82. The van der Waals surface area contributed by atoms with Crippen molar-refractivity contribution in [3.05, 3.63) is 29.8 Å². The summed E-state index contributed by atoms with van der Waals surface area (Å²) >= 11 is 0. The lowest BCUT2D eigenvalue weighted by Crippen LogP contribution is -2.46. The minimum absolute atomic E-state index is 0.229. The van der Waals surface area contributed by atoms with Crippen LogP contribution in [0.5, 0.6) is 0 Å². The van der Waals surface area contributed by atoms with Gasteiger partial charge in [-0.15, -0.1) is 0 Å². The van der Waals surface area contributed by atoms with Gasteiger partial charge in [-0.25, -0.2) is 9.37 Å². The van der Waals surface area contributed by atoms with Gasteiger partial charge in [-0.3, -0.25) is 4.79 Å². The third-order valence-electron chi connectivity index (χ3n) is 1.82. The number of carbonyl (C=O) groups excluding carboxylic acids is 1. The van der Waals surface area contributed by atoms with Crippen LogP contribution >= 0.6 is 0 Å². The van der Waals surface area contributed by atoms with E-state index in [2.05, 4.69) is 10.3 Å². The van der Waals surface area contributed by atoms with Crippen LogP contribution in [0.2, 0.25) is 0 Å². The molecule has 0 bridgehead atoms. The van der Waals surface area contributed by atoms with Crippen molar-refractivity contribution in [2.45, 2.75) is 19.4 Å².